The molecular weight excluding hydrogens is 252 g/mol. The van der Waals surface area contributed by atoms with Crippen LogP contribution in [0.3, 0.4) is 0 Å². The van der Waals surface area contributed by atoms with Gasteiger partial charge in [0.05, 0.1) is 5.56 Å². The zero-order chi connectivity index (χ0) is 14.1. The first-order chi connectivity index (χ1) is 9.63. The fourth-order valence-electron chi connectivity index (χ4n) is 2.98. The van der Waals surface area contributed by atoms with Crippen LogP contribution in [-0.4, -0.2) is 48.7 Å². The third kappa shape index (κ3) is 2.96. The van der Waals surface area contributed by atoms with E-state index in [-0.39, 0.29) is 0 Å². The van der Waals surface area contributed by atoms with Crippen LogP contribution in [0, 0.1) is 12.8 Å². The number of aromatic carboxylic acids is 1. The molecule has 2 fully saturated rings. The summed E-state index contributed by atoms with van der Waals surface area (Å²) in [6.45, 7) is 7.59. The maximum absolute atomic E-state index is 11.0. The minimum absolute atomic E-state index is 0.374. The Morgan fingerprint density at radius 1 is 1.25 bits per heavy atom. The van der Waals surface area contributed by atoms with Gasteiger partial charge in [0.25, 0.3) is 0 Å². The average molecular weight is 274 g/mol. The monoisotopic (exact) mass is 274 g/mol. The van der Waals surface area contributed by atoms with Crippen LogP contribution >= 0.6 is 0 Å². The molecule has 0 amide bonds. The molecule has 0 spiro atoms. The zero-order valence-electron chi connectivity index (χ0n) is 12.0. The lowest BCUT2D eigenvalue weighted by Gasteiger charge is -2.37. The maximum Gasteiger partial charge on any atom is 0.335 e. The number of hydrogen-bond acceptors (Lipinski definition) is 3. The van der Waals surface area contributed by atoms with Gasteiger partial charge in [-0.15, -0.1) is 0 Å². The topological polar surface area (TPSA) is 43.8 Å². The fraction of sp³-hybridized carbons (Fsp3) is 0.562. The van der Waals surface area contributed by atoms with Gasteiger partial charge in [-0.3, -0.25) is 4.90 Å². The number of benzene rings is 1. The third-order valence-corrected chi connectivity index (χ3v) is 4.37. The molecule has 1 aromatic carbocycles. The molecule has 0 atom stereocenters. The molecule has 0 radical (unpaired) electrons. The molecule has 1 saturated heterocycles. The number of anilines is 1. The standard InChI is InChI=1S/C16H22N2O2/c1-12-10-14(16(19)20)4-5-15(12)18-8-6-17(7-9-18)11-13-2-3-13/h4-5,10,13H,2-3,6-9,11H2,1H3,(H,19,20). The Bertz CT molecular complexity index is 503. The lowest BCUT2D eigenvalue weighted by molar-refractivity contribution is 0.0697. The highest BCUT2D eigenvalue weighted by Crippen LogP contribution is 2.30. The number of carboxylic acid groups (broad SMARTS) is 1. The normalized spacial score (nSPS) is 20.1. The van der Waals surface area contributed by atoms with Crippen LogP contribution in [-0.2, 0) is 0 Å². The SMILES string of the molecule is Cc1cc(C(=O)O)ccc1N1CCN(CC2CC2)CC1. The number of aryl methyl sites for hydroxylation is 1. The molecule has 3 rings (SSSR count). The Morgan fingerprint density at radius 2 is 1.95 bits per heavy atom. The summed E-state index contributed by atoms with van der Waals surface area (Å²) < 4.78 is 0. The summed E-state index contributed by atoms with van der Waals surface area (Å²) in [5, 5.41) is 9.01. The van der Waals surface area contributed by atoms with E-state index in [0.717, 1.165) is 37.7 Å². The highest BCUT2D eigenvalue weighted by Gasteiger charge is 2.26. The second-order valence-electron chi connectivity index (χ2n) is 6.04. The number of nitrogens with zero attached hydrogens (tertiary/aromatic N) is 2. The Kier molecular flexibility index (Phi) is 3.66. The van der Waals surface area contributed by atoms with Crippen molar-refractivity contribution in [3.05, 3.63) is 29.3 Å². The van der Waals surface area contributed by atoms with Crippen LogP contribution in [0.25, 0.3) is 0 Å². The molecule has 4 heteroatoms. The van der Waals surface area contributed by atoms with E-state index in [2.05, 4.69) is 9.80 Å². The van der Waals surface area contributed by atoms with Crippen LogP contribution in [0.1, 0.15) is 28.8 Å². The van der Waals surface area contributed by atoms with E-state index in [1.54, 1.807) is 12.1 Å². The van der Waals surface area contributed by atoms with Crippen LogP contribution in [0.2, 0.25) is 0 Å². The summed E-state index contributed by atoms with van der Waals surface area (Å²) in [6, 6.07) is 5.44. The van der Waals surface area contributed by atoms with Gasteiger partial charge in [-0.2, -0.15) is 0 Å². The maximum atomic E-state index is 11.0. The second kappa shape index (κ2) is 5.44. The molecule has 4 nitrogen and oxygen atoms in total. The van der Waals surface area contributed by atoms with Crippen molar-refractivity contribution < 1.29 is 9.90 Å². The quantitative estimate of drug-likeness (QED) is 0.914. The van der Waals surface area contributed by atoms with E-state index in [1.165, 1.54) is 25.1 Å². The van der Waals surface area contributed by atoms with Gasteiger partial charge in [-0.05, 0) is 49.4 Å². The summed E-state index contributed by atoms with van der Waals surface area (Å²) in [5.41, 5.74) is 2.61. The Balaban J connectivity index is 1.63. The molecule has 1 aliphatic carbocycles. The Hall–Kier alpha value is -1.55. The van der Waals surface area contributed by atoms with Crippen LogP contribution < -0.4 is 4.90 Å². The molecule has 0 unspecified atom stereocenters. The molecule has 1 aliphatic heterocycles. The molecule has 1 saturated carbocycles. The molecule has 0 bridgehead atoms. The minimum atomic E-state index is -0.853. The summed E-state index contributed by atoms with van der Waals surface area (Å²) in [7, 11) is 0. The highest BCUT2D eigenvalue weighted by molar-refractivity contribution is 5.88. The van der Waals surface area contributed by atoms with Crippen LogP contribution in [0.4, 0.5) is 5.69 Å². The van der Waals surface area contributed by atoms with E-state index in [0.29, 0.717) is 5.56 Å². The summed E-state index contributed by atoms with van der Waals surface area (Å²) in [5.74, 6) is 0.104. The van der Waals surface area contributed by atoms with Crippen molar-refractivity contribution in [2.45, 2.75) is 19.8 Å². The van der Waals surface area contributed by atoms with E-state index in [4.69, 9.17) is 5.11 Å². The smallest absolute Gasteiger partial charge is 0.335 e. The predicted octanol–water partition coefficient (Wildman–Crippen LogP) is 2.23. The van der Waals surface area contributed by atoms with Crippen molar-refractivity contribution >= 4 is 11.7 Å². The fourth-order valence-corrected chi connectivity index (χ4v) is 2.98. The van der Waals surface area contributed by atoms with E-state index >= 15 is 0 Å². The third-order valence-electron chi connectivity index (χ3n) is 4.37. The first-order valence-electron chi connectivity index (χ1n) is 7.45. The second-order valence-corrected chi connectivity index (χ2v) is 6.04. The van der Waals surface area contributed by atoms with E-state index < -0.39 is 5.97 Å². The number of hydrogen-bond donors (Lipinski definition) is 1. The van der Waals surface area contributed by atoms with Gasteiger partial charge in [-0.1, -0.05) is 0 Å². The van der Waals surface area contributed by atoms with Crippen molar-refractivity contribution in [2.75, 3.05) is 37.6 Å². The lowest BCUT2D eigenvalue weighted by atomic mass is 10.1. The van der Waals surface area contributed by atoms with Crippen molar-refractivity contribution in [1.82, 2.24) is 4.90 Å². The molecule has 108 valence electrons. The molecule has 0 aromatic heterocycles. The van der Waals surface area contributed by atoms with Crippen LogP contribution in [0.15, 0.2) is 18.2 Å². The van der Waals surface area contributed by atoms with Crippen LogP contribution in [0.5, 0.6) is 0 Å². The van der Waals surface area contributed by atoms with Crippen molar-refractivity contribution in [3.8, 4) is 0 Å². The Labute approximate surface area is 120 Å². The average Bonchev–Trinajstić information content (AvgIpc) is 3.24. The molecule has 1 heterocycles. The van der Waals surface area contributed by atoms with E-state index in [1.807, 2.05) is 13.0 Å². The molecule has 2 aliphatic rings. The first kappa shape index (κ1) is 13.4. The van der Waals surface area contributed by atoms with Crippen molar-refractivity contribution in [1.29, 1.82) is 0 Å². The number of rotatable bonds is 4. The number of carboxylic acids is 1. The summed E-state index contributed by atoms with van der Waals surface area (Å²) in [4.78, 5) is 15.9. The van der Waals surface area contributed by atoms with Gasteiger partial charge in [0, 0.05) is 38.4 Å². The zero-order valence-corrected chi connectivity index (χ0v) is 12.0. The highest BCUT2D eigenvalue weighted by atomic mass is 16.4. The summed E-state index contributed by atoms with van der Waals surface area (Å²) in [6.07, 6.45) is 2.83. The predicted molar refractivity (Wildman–Crippen MR) is 79.5 cm³/mol. The van der Waals surface area contributed by atoms with Gasteiger partial charge >= 0.3 is 5.97 Å². The van der Waals surface area contributed by atoms with Crippen molar-refractivity contribution in [2.24, 2.45) is 5.92 Å². The Morgan fingerprint density at radius 3 is 2.50 bits per heavy atom. The summed E-state index contributed by atoms with van der Waals surface area (Å²) >= 11 is 0. The number of carbonyl (C=O) groups is 1. The molecular formula is C16H22N2O2. The van der Waals surface area contributed by atoms with Gasteiger partial charge in [0.15, 0.2) is 0 Å². The number of piperazine rings is 1. The van der Waals surface area contributed by atoms with Gasteiger partial charge in [0.2, 0.25) is 0 Å². The van der Waals surface area contributed by atoms with Gasteiger partial charge in [-0.25, -0.2) is 4.79 Å². The lowest BCUT2D eigenvalue weighted by Crippen LogP contribution is -2.47. The molecule has 1 N–H and O–H groups in total. The molecule has 20 heavy (non-hydrogen) atoms. The van der Waals surface area contributed by atoms with Gasteiger partial charge < -0.3 is 10.0 Å². The van der Waals surface area contributed by atoms with Crippen molar-refractivity contribution in [3.63, 3.8) is 0 Å². The first-order valence-corrected chi connectivity index (χ1v) is 7.45. The largest absolute Gasteiger partial charge is 0.478 e. The van der Waals surface area contributed by atoms with E-state index in [9.17, 15) is 4.79 Å². The minimum Gasteiger partial charge on any atom is -0.478 e. The van der Waals surface area contributed by atoms with Gasteiger partial charge in [0.1, 0.15) is 0 Å². The molecule has 1 aromatic rings.